The normalized spacial score (nSPS) is 10.2. The van der Waals surface area contributed by atoms with Gasteiger partial charge in [-0.25, -0.2) is 0 Å². The molecule has 1 amide bonds. The number of anilines is 1. The molecule has 0 unspecified atom stereocenters. The first-order valence-corrected chi connectivity index (χ1v) is 8.08. The lowest BCUT2D eigenvalue weighted by Gasteiger charge is -2.09. The molecule has 6 nitrogen and oxygen atoms in total. The molecule has 0 aromatic heterocycles. The standard InChI is InChI=1S/C19H23NO5/c1-3-23-12-13-24-17-8-10-18(11-9-17)25-14-19(21)20-15-4-6-16(22-2)7-5-15/h4-11H,3,12-14H2,1-2H3,(H,20,21). The number of rotatable bonds is 10. The van der Waals surface area contributed by atoms with Crippen LogP contribution in [-0.2, 0) is 9.53 Å². The maximum Gasteiger partial charge on any atom is 0.262 e. The summed E-state index contributed by atoms with van der Waals surface area (Å²) in [5.74, 6) is 1.83. The van der Waals surface area contributed by atoms with Crippen molar-refractivity contribution in [2.45, 2.75) is 6.92 Å². The summed E-state index contributed by atoms with van der Waals surface area (Å²) in [4.78, 5) is 11.9. The van der Waals surface area contributed by atoms with Crippen LogP contribution >= 0.6 is 0 Å². The zero-order chi connectivity index (χ0) is 17.9. The Bertz CT molecular complexity index is 640. The molecule has 6 heteroatoms. The zero-order valence-electron chi connectivity index (χ0n) is 14.5. The van der Waals surface area contributed by atoms with Crippen molar-refractivity contribution in [1.29, 1.82) is 0 Å². The van der Waals surface area contributed by atoms with Gasteiger partial charge in [-0.3, -0.25) is 4.79 Å². The molecular formula is C19H23NO5. The van der Waals surface area contributed by atoms with Crippen LogP contribution in [0.2, 0.25) is 0 Å². The van der Waals surface area contributed by atoms with E-state index in [0.29, 0.717) is 31.3 Å². The highest BCUT2D eigenvalue weighted by molar-refractivity contribution is 5.91. The number of benzene rings is 2. The number of methoxy groups -OCH3 is 1. The number of carbonyl (C=O) groups excluding carboxylic acids is 1. The van der Waals surface area contributed by atoms with Crippen molar-refractivity contribution in [3.8, 4) is 17.2 Å². The number of hydrogen-bond donors (Lipinski definition) is 1. The van der Waals surface area contributed by atoms with Crippen molar-refractivity contribution in [2.24, 2.45) is 0 Å². The van der Waals surface area contributed by atoms with Crippen LogP contribution in [0.4, 0.5) is 5.69 Å². The van der Waals surface area contributed by atoms with E-state index in [1.54, 1.807) is 55.6 Å². The lowest BCUT2D eigenvalue weighted by atomic mass is 10.3. The number of nitrogens with one attached hydrogen (secondary N) is 1. The first-order chi connectivity index (χ1) is 12.2. The van der Waals surface area contributed by atoms with Crippen molar-refractivity contribution >= 4 is 11.6 Å². The number of hydrogen-bond acceptors (Lipinski definition) is 5. The van der Waals surface area contributed by atoms with Crippen molar-refractivity contribution in [1.82, 2.24) is 0 Å². The summed E-state index contributed by atoms with van der Waals surface area (Å²) < 4.78 is 21.3. The van der Waals surface area contributed by atoms with E-state index in [1.165, 1.54) is 0 Å². The van der Waals surface area contributed by atoms with Gasteiger partial charge in [0.05, 0.1) is 13.7 Å². The van der Waals surface area contributed by atoms with E-state index in [1.807, 2.05) is 6.92 Å². The van der Waals surface area contributed by atoms with Gasteiger partial charge in [0.1, 0.15) is 23.9 Å². The highest BCUT2D eigenvalue weighted by atomic mass is 16.5. The van der Waals surface area contributed by atoms with Gasteiger partial charge in [-0.15, -0.1) is 0 Å². The summed E-state index contributed by atoms with van der Waals surface area (Å²) in [5, 5.41) is 2.76. The van der Waals surface area contributed by atoms with Crippen LogP contribution in [0, 0.1) is 0 Å². The molecule has 2 aromatic carbocycles. The summed E-state index contributed by atoms with van der Waals surface area (Å²) in [6.45, 7) is 3.60. The Morgan fingerprint density at radius 2 is 1.48 bits per heavy atom. The fourth-order valence-corrected chi connectivity index (χ4v) is 2.02. The molecule has 0 bridgehead atoms. The molecule has 0 atom stereocenters. The van der Waals surface area contributed by atoms with E-state index in [9.17, 15) is 4.79 Å². The van der Waals surface area contributed by atoms with Crippen LogP contribution in [0.15, 0.2) is 48.5 Å². The average Bonchev–Trinajstić information content (AvgIpc) is 2.65. The van der Waals surface area contributed by atoms with Gasteiger partial charge in [0, 0.05) is 12.3 Å². The Kier molecular flexibility index (Phi) is 7.59. The maximum absolute atomic E-state index is 11.9. The Balaban J connectivity index is 1.73. The summed E-state index contributed by atoms with van der Waals surface area (Å²) >= 11 is 0. The van der Waals surface area contributed by atoms with Crippen LogP contribution in [0.1, 0.15) is 6.92 Å². The van der Waals surface area contributed by atoms with E-state index in [0.717, 1.165) is 11.5 Å². The molecule has 0 aliphatic heterocycles. The van der Waals surface area contributed by atoms with Gasteiger partial charge < -0.3 is 24.3 Å². The molecule has 0 aliphatic rings. The number of carbonyl (C=O) groups is 1. The molecule has 134 valence electrons. The molecule has 2 rings (SSSR count). The summed E-state index contributed by atoms with van der Waals surface area (Å²) in [6.07, 6.45) is 0. The van der Waals surface area contributed by atoms with Gasteiger partial charge in [-0.1, -0.05) is 0 Å². The molecule has 2 aromatic rings. The monoisotopic (exact) mass is 345 g/mol. The lowest BCUT2D eigenvalue weighted by molar-refractivity contribution is -0.118. The van der Waals surface area contributed by atoms with Crippen molar-refractivity contribution < 1.29 is 23.7 Å². The van der Waals surface area contributed by atoms with Crippen LogP contribution in [-0.4, -0.2) is 39.4 Å². The van der Waals surface area contributed by atoms with E-state index in [-0.39, 0.29) is 12.5 Å². The molecule has 0 radical (unpaired) electrons. The van der Waals surface area contributed by atoms with Crippen LogP contribution in [0.3, 0.4) is 0 Å². The fourth-order valence-electron chi connectivity index (χ4n) is 2.02. The molecule has 0 saturated heterocycles. The van der Waals surface area contributed by atoms with Crippen molar-refractivity contribution in [3.05, 3.63) is 48.5 Å². The third kappa shape index (κ3) is 6.73. The summed E-state index contributed by atoms with van der Waals surface area (Å²) in [5.41, 5.74) is 0.687. The first-order valence-electron chi connectivity index (χ1n) is 8.08. The predicted octanol–water partition coefficient (Wildman–Crippen LogP) is 3.13. The second-order valence-electron chi connectivity index (χ2n) is 5.08. The van der Waals surface area contributed by atoms with Gasteiger partial charge in [0.15, 0.2) is 6.61 Å². The summed E-state index contributed by atoms with van der Waals surface area (Å²) in [7, 11) is 1.59. The highest BCUT2D eigenvalue weighted by Crippen LogP contribution is 2.18. The molecule has 0 spiro atoms. The Hall–Kier alpha value is -2.73. The van der Waals surface area contributed by atoms with Crippen molar-refractivity contribution in [2.75, 3.05) is 38.9 Å². The molecule has 25 heavy (non-hydrogen) atoms. The molecule has 0 saturated carbocycles. The third-order valence-electron chi connectivity index (χ3n) is 3.27. The Morgan fingerprint density at radius 1 is 0.880 bits per heavy atom. The topological polar surface area (TPSA) is 66.0 Å². The minimum absolute atomic E-state index is 0.0728. The molecular weight excluding hydrogens is 322 g/mol. The third-order valence-corrected chi connectivity index (χ3v) is 3.27. The van der Waals surface area contributed by atoms with E-state index in [2.05, 4.69) is 5.32 Å². The first kappa shape index (κ1) is 18.6. The average molecular weight is 345 g/mol. The predicted molar refractivity (Wildman–Crippen MR) is 95.5 cm³/mol. The minimum atomic E-state index is -0.234. The van der Waals surface area contributed by atoms with Crippen LogP contribution in [0.5, 0.6) is 17.2 Å². The zero-order valence-corrected chi connectivity index (χ0v) is 14.5. The molecule has 0 aliphatic carbocycles. The van der Waals surface area contributed by atoms with E-state index >= 15 is 0 Å². The van der Waals surface area contributed by atoms with Gasteiger partial charge in [-0.2, -0.15) is 0 Å². The molecule has 0 fully saturated rings. The highest BCUT2D eigenvalue weighted by Gasteiger charge is 2.04. The number of ether oxygens (including phenoxy) is 4. The minimum Gasteiger partial charge on any atom is -0.497 e. The number of amides is 1. The van der Waals surface area contributed by atoms with Crippen LogP contribution in [0.25, 0.3) is 0 Å². The Morgan fingerprint density at radius 3 is 2.08 bits per heavy atom. The van der Waals surface area contributed by atoms with Gasteiger partial charge in [0.25, 0.3) is 5.91 Å². The fraction of sp³-hybridized carbons (Fsp3) is 0.316. The summed E-state index contributed by atoms with van der Waals surface area (Å²) in [6, 6.07) is 14.2. The lowest BCUT2D eigenvalue weighted by Crippen LogP contribution is -2.20. The van der Waals surface area contributed by atoms with Gasteiger partial charge >= 0.3 is 0 Å². The van der Waals surface area contributed by atoms with Gasteiger partial charge in [-0.05, 0) is 55.5 Å². The SMILES string of the molecule is CCOCCOc1ccc(OCC(=O)Nc2ccc(OC)cc2)cc1. The second-order valence-corrected chi connectivity index (χ2v) is 5.08. The van der Waals surface area contributed by atoms with E-state index in [4.69, 9.17) is 18.9 Å². The second kappa shape index (κ2) is 10.2. The van der Waals surface area contributed by atoms with E-state index < -0.39 is 0 Å². The Labute approximate surface area is 147 Å². The quantitative estimate of drug-likeness (QED) is 0.670. The molecule has 1 N–H and O–H groups in total. The van der Waals surface area contributed by atoms with Crippen LogP contribution < -0.4 is 19.5 Å². The van der Waals surface area contributed by atoms with Crippen molar-refractivity contribution in [3.63, 3.8) is 0 Å². The largest absolute Gasteiger partial charge is 0.497 e. The smallest absolute Gasteiger partial charge is 0.262 e. The maximum atomic E-state index is 11.9. The molecule has 0 heterocycles. The van der Waals surface area contributed by atoms with Gasteiger partial charge in [0.2, 0.25) is 0 Å².